The molecule has 1 nitrogen and oxygen atoms in total. The molecule has 0 unspecified atom stereocenters. The number of fused-ring (bicyclic) bond motifs is 5. The van der Waals surface area contributed by atoms with Crippen LogP contribution < -0.4 is 4.90 Å². The molecule has 9 aromatic carbocycles. The van der Waals surface area contributed by atoms with Crippen molar-refractivity contribution in [2.45, 2.75) is 0 Å². The van der Waals surface area contributed by atoms with Crippen molar-refractivity contribution in [1.29, 1.82) is 0 Å². The zero-order valence-electron chi connectivity index (χ0n) is 28.4. The van der Waals surface area contributed by atoms with Crippen LogP contribution in [0.15, 0.2) is 200 Å². The van der Waals surface area contributed by atoms with Crippen LogP contribution in [0.2, 0.25) is 0 Å². The van der Waals surface area contributed by atoms with Crippen LogP contribution in [0.4, 0.5) is 17.1 Å². The second-order valence-corrected chi connectivity index (χ2v) is 14.4. The third-order valence-electron chi connectivity index (χ3n) is 10.2. The predicted octanol–water partition coefficient (Wildman–Crippen LogP) is 14.8. The smallest absolute Gasteiger partial charge is 0.0540 e. The molecular weight excluding hydrogens is 647 g/mol. The fraction of sp³-hybridized carbons (Fsp3) is 0. The van der Waals surface area contributed by atoms with E-state index in [1.54, 1.807) is 0 Å². The lowest BCUT2D eigenvalue weighted by atomic mass is 9.95. The zero-order valence-corrected chi connectivity index (χ0v) is 29.2. The molecule has 2 heteroatoms. The van der Waals surface area contributed by atoms with Crippen LogP contribution in [0, 0.1) is 0 Å². The minimum absolute atomic E-state index is 1.11. The summed E-state index contributed by atoms with van der Waals surface area (Å²) in [7, 11) is 0. The molecule has 244 valence electrons. The predicted molar refractivity (Wildman–Crippen MR) is 225 cm³/mol. The fourth-order valence-corrected chi connectivity index (χ4v) is 8.89. The van der Waals surface area contributed by atoms with Gasteiger partial charge in [0.1, 0.15) is 0 Å². The van der Waals surface area contributed by atoms with Crippen molar-refractivity contribution in [3.05, 3.63) is 200 Å². The fourth-order valence-electron chi connectivity index (χ4n) is 7.80. The molecule has 0 bridgehead atoms. The minimum Gasteiger partial charge on any atom is -0.310 e. The average Bonchev–Trinajstić information content (AvgIpc) is 3.59. The number of anilines is 3. The number of hydrogen-bond donors (Lipinski definition) is 0. The van der Waals surface area contributed by atoms with E-state index in [0.717, 1.165) is 17.1 Å². The molecule has 0 aliphatic rings. The molecule has 0 N–H and O–H groups in total. The normalized spacial score (nSPS) is 11.5. The summed E-state index contributed by atoms with van der Waals surface area (Å²) in [4.78, 5) is 2.44. The summed E-state index contributed by atoms with van der Waals surface area (Å²) in [5.41, 5.74) is 10.6. The Balaban J connectivity index is 1.18. The van der Waals surface area contributed by atoms with E-state index < -0.39 is 0 Å². The van der Waals surface area contributed by atoms with Crippen molar-refractivity contribution >= 4 is 70.1 Å². The summed E-state index contributed by atoms with van der Waals surface area (Å²) in [6.45, 7) is 0. The molecule has 0 spiro atoms. The molecule has 10 rings (SSSR count). The quantitative estimate of drug-likeness (QED) is 0.169. The van der Waals surface area contributed by atoms with Gasteiger partial charge >= 0.3 is 0 Å². The molecule has 0 aliphatic heterocycles. The van der Waals surface area contributed by atoms with Crippen molar-refractivity contribution in [3.63, 3.8) is 0 Å². The second kappa shape index (κ2) is 12.7. The van der Waals surface area contributed by atoms with Gasteiger partial charge < -0.3 is 4.90 Å². The molecule has 0 aliphatic carbocycles. The number of nitrogens with zero attached hydrogens (tertiary/aromatic N) is 1. The van der Waals surface area contributed by atoms with Crippen LogP contribution in [0.1, 0.15) is 0 Å². The zero-order chi connectivity index (χ0) is 34.4. The molecule has 0 saturated heterocycles. The summed E-state index contributed by atoms with van der Waals surface area (Å²) >= 11 is 1.86. The maximum atomic E-state index is 2.44. The van der Waals surface area contributed by atoms with E-state index in [1.807, 2.05) is 11.3 Å². The molecule has 10 aromatic rings. The molecule has 1 aromatic heterocycles. The molecule has 0 radical (unpaired) electrons. The topological polar surface area (TPSA) is 3.24 Å². The summed E-state index contributed by atoms with van der Waals surface area (Å²) in [5, 5.41) is 7.60. The Kier molecular flexibility index (Phi) is 7.41. The SMILES string of the molecule is c1cc(-c2ccc3sc4ccccc4c3c2)cc(N(c2cccc(-c3cccc4ccccc34)c2)c2ccccc2-c2cccc3ccccc23)c1. The van der Waals surface area contributed by atoms with E-state index in [0.29, 0.717) is 0 Å². The first kappa shape index (κ1) is 30.4. The summed E-state index contributed by atoms with van der Waals surface area (Å²) in [6, 6.07) is 73.1. The van der Waals surface area contributed by atoms with Gasteiger partial charge in [-0.2, -0.15) is 0 Å². The number of thiophene rings is 1. The van der Waals surface area contributed by atoms with Crippen LogP contribution in [0.25, 0.3) is 75.1 Å². The van der Waals surface area contributed by atoms with Gasteiger partial charge in [-0.15, -0.1) is 11.3 Å². The van der Waals surface area contributed by atoms with E-state index >= 15 is 0 Å². The van der Waals surface area contributed by atoms with Crippen LogP contribution in [-0.2, 0) is 0 Å². The Bertz CT molecular complexity index is 2920. The third-order valence-corrected chi connectivity index (χ3v) is 11.4. The summed E-state index contributed by atoms with van der Waals surface area (Å²) in [6.07, 6.45) is 0. The minimum atomic E-state index is 1.11. The Morgan fingerprint density at radius 3 is 1.62 bits per heavy atom. The molecule has 1 heterocycles. The van der Waals surface area contributed by atoms with Crippen LogP contribution in [0.5, 0.6) is 0 Å². The highest BCUT2D eigenvalue weighted by Gasteiger charge is 2.20. The molecule has 52 heavy (non-hydrogen) atoms. The Morgan fingerprint density at radius 1 is 0.308 bits per heavy atom. The number of benzene rings is 9. The summed E-state index contributed by atoms with van der Waals surface area (Å²) in [5.74, 6) is 0. The van der Waals surface area contributed by atoms with Crippen LogP contribution in [0.3, 0.4) is 0 Å². The highest BCUT2D eigenvalue weighted by atomic mass is 32.1. The molecule has 0 amide bonds. The highest BCUT2D eigenvalue weighted by molar-refractivity contribution is 7.25. The highest BCUT2D eigenvalue weighted by Crippen LogP contribution is 2.45. The van der Waals surface area contributed by atoms with Gasteiger partial charge in [0.15, 0.2) is 0 Å². The van der Waals surface area contributed by atoms with Gasteiger partial charge in [0.05, 0.1) is 5.69 Å². The van der Waals surface area contributed by atoms with Gasteiger partial charge in [-0.05, 0) is 97.9 Å². The third kappa shape index (κ3) is 5.24. The van der Waals surface area contributed by atoms with Crippen molar-refractivity contribution < 1.29 is 0 Å². The number of hydrogen-bond acceptors (Lipinski definition) is 2. The van der Waals surface area contributed by atoms with Gasteiger partial charge in [-0.1, -0.05) is 152 Å². The first-order chi connectivity index (χ1) is 25.8. The first-order valence-electron chi connectivity index (χ1n) is 17.8. The molecule has 0 fully saturated rings. The molecule has 0 atom stereocenters. The van der Waals surface area contributed by atoms with E-state index in [9.17, 15) is 0 Å². The Hall–Kier alpha value is -6.48. The first-order valence-corrected chi connectivity index (χ1v) is 18.6. The largest absolute Gasteiger partial charge is 0.310 e. The van der Waals surface area contributed by atoms with E-state index in [1.165, 1.54) is 75.1 Å². The van der Waals surface area contributed by atoms with E-state index in [4.69, 9.17) is 0 Å². The maximum absolute atomic E-state index is 2.44. The van der Waals surface area contributed by atoms with Crippen molar-refractivity contribution in [3.8, 4) is 33.4 Å². The van der Waals surface area contributed by atoms with Crippen molar-refractivity contribution in [2.24, 2.45) is 0 Å². The van der Waals surface area contributed by atoms with Crippen LogP contribution >= 0.6 is 11.3 Å². The molecular formula is C50H33NS. The number of para-hydroxylation sites is 1. The number of rotatable bonds is 6. The monoisotopic (exact) mass is 679 g/mol. The summed E-state index contributed by atoms with van der Waals surface area (Å²) < 4.78 is 2.64. The van der Waals surface area contributed by atoms with Gasteiger partial charge in [0.2, 0.25) is 0 Å². The lowest BCUT2D eigenvalue weighted by Gasteiger charge is -2.29. The van der Waals surface area contributed by atoms with Gasteiger partial charge in [-0.25, -0.2) is 0 Å². The average molecular weight is 680 g/mol. The van der Waals surface area contributed by atoms with Crippen molar-refractivity contribution in [1.82, 2.24) is 0 Å². The van der Waals surface area contributed by atoms with Crippen molar-refractivity contribution in [2.75, 3.05) is 4.90 Å². The van der Waals surface area contributed by atoms with Gasteiger partial charge in [0.25, 0.3) is 0 Å². The lowest BCUT2D eigenvalue weighted by Crippen LogP contribution is -2.11. The lowest BCUT2D eigenvalue weighted by molar-refractivity contribution is 1.28. The van der Waals surface area contributed by atoms with Gasteiger partial charge in [0, 0.05) is 37.1 Å². The second-order valence-electron chi connectivity index (χ2n) is 13.3. The Labute approximate surface area is 307 Å². The molecule has 0 saturated carbocycles. The van der Waals surface area contributed by atoms with E-state index in [2.05, 4.69) is 205 Å². The maximum Gasteiger partial charge on any atom is 0.0540 e. The van der Waals surface area contributed by atoms with Gasteiger partial charge in [-0.3, -0.25) is 0 Å². The van der Waals surface area contributed by atoms with E-state index in [-0.39, 0.29) is 0 Å². The van der Waals surface area contributed by atoms with Crippen LogP contribution in [-0.4, -0.2) is 0 Å². The Morgan fingerprint density at radius 2 is 0.827 bits per heavy atom. The standard InChI is InChI=1S/C50H33NS/c1-3-21-41-34(13-1)15-11-25-43(41)38-18-10-20-40(32-38)51(48-27-7-5-23-45(48)44-26-12-16-35-14-2-4-22-42(35)44)39-19-9-17-36(31-39)37-29-30-50-47(33-37)46-24-6-8-28-49(46)52-50/h1-33H.